The molecular weight excluding hydrogens is 324 g/mol. The van der Waals surface area contributed by atoms with E-state index in [1.54, 1.807) is 16.4 Å². The SMILES string of the molecule is Cc1ccc(S(=O)(=O)N2CCC(CCC(=O)NC3CC3)CC2)cc1. The molecule has 2 fully saturated rings. The molecule has 132 valence electrons. The van der Waals surface area contributed by atoms with Gasteiger partial charge in [0.05, 0.1) is 4.90 Å². The third-order valence-corrected chi connectivity index (χ3v) is 6.87. The summed E-state index contributed by atoms with van der Waals surface area (Å²) in [6.45, 7) is 3.04. The van der Waals surface area contributed by atoms with Crippen LogP contribution in [-0.4, -0.2) is 37.8 Å². The van der Waals surface area contributed by atoms with Crippen molar-refractivity contribution < 1.29 is 13.2 Å². The van der Waals surface area contributed by atoms with Gasteiger partial charge in [-0.15, -0.1) is 0 Å². The van der Waals surface area contributed by atoms with Crippen LogP contribution < -0.4 is 5.32 Å². The monoisotopic (exact) mass is 350 g/mol. The van der Waals surface area contributed by atoms with Crippen LogP contribution in [0.1, 0.15) is 44.1 Å². The molecule has 1 saturated carbocycles. The molecular formula is C18H26N2O3S. The number of nitrogens with zero attached hydrogens (tertiary/aromatic N) is 1. The highest BCUT2D eigenvalue weighted by Crippen LogP contribution is 2.27. The molecule has 0 bridgehead atoms. The summed E-state index contributed by atoms with van der Waals surface area (Å²) >= 11 is 0. The number of amides is 1. The lowest BCUT2D eigenvalue weighted by Gasteiger charge is -2.31. The summed E-state index contributed by atoms with van der Waals surface area (Å²) in [6.07, 6.45) is 5.31. The maximum absolute atomic E-state index is 12.7. The first-order chi connectivity index (χ1) is 11.4. The van der Waals surface area contributed by atoms with Gasteiger partial charge in [0, 0.05) is 25.6 Å². The zero-order valence-corrected chi connectivity index (χ0v) is 15.0. The number of aryl methyl sites for hydroxylation is 1. The summed E-state index contributed by atoms with van der Waals surface area (Å²) in [6, 6.07) is 7.44. The molecule has 5 nitrogen and oxygen atoms in total. The Morgan fingerprint density at radius 3 is 2.33 bits per heavy atom. The van der Waals surface area contributed by atoms with E-state index in [-0.39, 0.29) is 5.91 Å². The molecule has 0 aromatic heterocycles. The zero-order chi connectivity index (χ0) is 17.2. The number of piperidine rings is 1. The number of sulfonamides is 1. The van der Waals surface area contributed by atoms with E-state index in [1.165, 1.54) is 0 Å². The molecule has 0 spiro atoms. The zero-order valence-electron chi connectivity index (χ0n) is 14.2. The molecule has 0 radical (unpaired) electrons. The van der Waals surface area contributed by atoms with Crippen molar-refractivity contribution in [2.45, 2.75) is 56.4 Å². The summed E-state index contributed by atoms with van der Waals surface area (Å²) in [5.74, 6) is 0.589. The number of nitrogens with one attached hydrogen (secondary N) is 1. The predicted octanol–water partition coefficient (Wildman–Crippen LogP) is 2.45. The normalized spacial score (nSPS) is 20.0. The fourth-order valence-electron chi connectivity index (χ4n) is 3.16. The number of benzene rings is 1. The predicted molar refractivity (Wildman–Crippen MR) is 93.1 cm³/mol. The van der Waals surface area contributed by atoms with Crippen molar-refractivity contribution in [1.82, 2.24) is 9.62 Å². The van der Waals surface area contributed by atoms with Crippen LogP contribution in [0.5, 0.6) is 0 Å². The van der Waals surface area contributed by atoms with Crippen LogP contribution in [0.15, 0.2) is 29.2 Å². The molecule has 1 amide bonds. The minimum Gasteiger partial charge on any atom is -0.353 e. The topological polar surface area (TPSA) is 66.5 Å². The van der Waals surface area contributed by atoms with Crippen molar-refractivity contribution in [3.05, 3.63) is 29.8 Å². The van der Waals surface area contributed by atoms with Gasteiger partial charge in [0.2, 0.25) is 15.9 Å². The Kier molecular flexibility index (Phi) is 5.25. The Bertz CT molecular complexity index is 673. The van der Waals surface area contributed by atoms with E-state index in [0.29, 0.717) is 36.4 Å². The molecule has 3 rings (SSSR count). The first-order valence-corrected chi connectivity index (χ1v) is 10.3. The van der Waals surface area contributed by atoms with Gasteiger partial charge in [0.25, 0.3) is 0 Å². The van der Waals surface area contributed by atoms with E-state index in [2.05, 4.69) is 5.32 Å². The second-order valence-electron chi connectivity index (χ2n) is 7.04. The van der Waals surface area contributed by atoms with Crippen molar-refractivity contribution >= 4 is 15.9 Å². The van der Waals surface area contributed by atoms with Gasteiger partial charge >= 0.3 is 0 Å². The Hall–Kier alpha value is -1.40. The van der Waals surface area contributed by atoms with Crippen LogP contribution in [0.2, 0.25) is 0 Å². The first-order valence-electron chi connectivity index (χ1n) is 8.81. The van der Waals surface area contributed by atoms with E-state index in [9.17, 15) is 13.2 Å². The number of carbonyl (C=O) groups is 1. The van der Waals surface area contributed by atoms with Crippen LogP contribution in [0.25, 0.3) is 0 Å². The molecule has 0 atom stereocenters. The average Bonchev–Trinajstić information content (AvgIpc) is 3.38. The van der Waals surface area contributed by atoms with Crippen LogP contribution in [0, 0.1) is 12.8 Å². The van der Waals surface area contributed by atoms with Crippen molar-refractivity contribution in [3.63, 3.8) is 0 Å². The van der Waals surface area contributed by atoms with Crippen LogP contribution in [-0.2, 0) is 14.8 Å². The summed E-state index contributed by atoms with van der Waals surface area (Å²) in [5, 5.41) is 3.01. The third kappa shape index (κ3) is 4.36. The summed E-state index contributed by atoms with van der Waals surface area (Å²) in [5.41, 5.74) is 1.05. The maximum Gasteiger partial charge on any atom is 0.243 e. The highest BCUT2D eigenvalue weighted by Gasteiger charge is 2.30. The average molecular weight is 350 g/mol. The standard InChI is InChI=1S/C18H26N2O3S/c1-14-2-7-17(8-3-14)24(22,23)20-12-10-15(11-13-20)4-9-18(21)19-16-5-6-16/h2-3,7-8,15-16H,4-6,9-13H2,1H3,(H,19,21). The number of hydrogen-bond acceptors (Lipinski definition) is 3. The second-order valence-corrected chi connectivity index (χ2v) is 8.98. The summed E-state index contributed by atoms with van der Waals surface area (Å²) < 4.78 is 26.9. The number of hydrogen-bond donors (Lipinski definition) is 1. The molecule has 0 unspecified atom stereocenters. The molecule has 1 aromatic carbocycles. The molecule has 6 heteroatoms. The van der Waals surface area contributed by atoms with Gasteiger partial charge in [-0.2, -0.15) is 4.31 Å². The fourth-order valence-corrected chi connectivity index (χ4v) is 4.63. The van der Waals surface area contributed by atoms with Crippen molar-refractivity contribution in [2.24, 2.45) is 5.92 Å². The minimum absolute atomic E-state index is 0.146. The maximum atomic E-state index is 12.7. The van der Waals surface area contributed by atoms with Crippen LogP contribution in [0.3, 0.4) is 0 Å². The van der Waals surface area contributed by atoms with Crippen LogP contribution >= 0.6 is 0 Å². The van der Waals surface area contributed by atoms with Crippen molar-refractivity contribution in [3.8, 4) is 0 Å². The molecule has 2 aliphatic rings. The summed E-state index contributed by atoms with van der Waals surface area (Å²) in [4.78, 5) is 12.1. The van der Waals surface area contributed by atoms with Gasteiger partial charge in [-0.1, -0.05) is 17.7 Å². The lowest BCUT2D eigenvalue weighted by atomic mass is 9.93. The van der Waals surface area contributed by atoms with Gasteiger partial charge in [-0.3, -0.25) is 4.79 Å². The first kappa shape index (κ1) is 17.4. The Balaban J connectivity index is 1.48. The van der Waals surface area contributed by atoms with E-state index in [0.717, 1.165) is 37.7 Å². The lowest BCUT2D eigenvalue weighted by molar-refractivity contribution is -0.121. The molecule has 1 heterocycles. The van der Waals surface area contributed by atoms with E-state index < -0.39 is 10.0 Å². The Morgan fingerprint density at radius 1 is 1.12 bits per heavy atom. The number of carbonyl (C=O) groups excluding carboxylic acids is 1. The van der Waals surface area contributed by atoms with Crippen molar-refractivity contribution in [1.29, 1.82) is 0 Å². The largest absolute Gasteiger partial charge is 0.353 e. The quantitative estimate of drug-likeness (QED) is 0.857. The van der Waals surface area contributed by atoms with E-state index in [1.807, 2.05) is 19.1 Å². The Morgan fingerprint density at radius 2 is 1.75 bits per heavy atom. The molecule has 1 saturated heterocycles. The molecule has 1 aromatic rings. The van der Waals surface area contributed by atoms with E-state index >= 15 is 0 Å². The highest BCUT2D eigenvalue weighted by atomic mass is 32.2. The third-order valence-electron chi connectivity index (χ3n) is 4.95. The smallest absolute Gasteiger partial charge is 0.243 e. The molecule has 1 N–H and O–H groups in total. The van der Waals surface area contributed by atoms with Crippen molar-refractivity contribution in [2.75, 3.05) is 13.1 Å². The van der Waals surface area contributed by atoms with Gasteiger partial charge < -0.3 is 5.32 Å². The summed E-state index contributed by atoms with van der Waals surface area (Å²) in [7, 11) is -3.39. The fraction of sp³-hybridized carbons (Fsp3) is 0.611. The Labute approximate surface area is 144 Å². The molecule has 24 heavy (non-hydrogen) atoms. The number of rotatable bonds is 6. The molecule has 1 aliphatic carbocycles. The highest BCUT2D eigenvalue weighted by molar-refractivity contribution is 7.89. The molecule has 1 aliphatic heterocycles. The lowest BCUT2D eigenvalue weighted by Crippen LogP contribution is -2.38. The van der Waals surface area contributed by atoms with Gasteiger partial charge in [-0.25, -0.2) is 8.42 Å². The van der Waals surface area contributed by atoms with Gasteiger partial charge in [-0.05, 0) is 57.1 Å². The van der Waals surface area contributed by atoms with Gasteiger partial charge in [0.15, 0.2) is 0 Å². The van der Waals surface area contributed by atoms with Gasteiger partial charge in [0.1, 0.15) is 0 Å². The second kappa shape index (κ2) is 7.23. The van der Waals surface area contributed by atoms with E-state index in [4.69, 9.17) is 0 Å². The van der Waals surface area contributed by atoms with Crippen LogP contribution in [0.4, 0.5) is 0 Å². The minimum atomic E-state index is -3.39.